The zero-order valence-corrected chi connectivity index (χ0v) is 47.3. The molecular weight excluding hydrogens is 1090 g/mol. The summed E-state index contributed by atoms with van der Waals surface area (Å²) < 4.78 is 37.9. The molecule has 8 aromatic rings. The Labute approximate surface area is 482 Å². The second kappa shape index (κ2) is 26.5. The summed E-state index contributed by atoms with van der Waals surface area (Å²) in [6.07, 6.45) is 8.48. The summed E-state index contributed by atoms with van der Waals surface area (Å²) in [7, 11) is 7.57. The molecule has 2 unspecified atom stereocenters. The van der Waals surface area contributed by atoms with Crippen LogP contribution < -0.4 is 39.8 Å². The van der Waals surface area contributed by atoms with E-state index in [2.05, 4.69) is 76.3 Å². The first-order valence-corrected chi connectivity index (χ1v) is 27.7. The summed E-state index contributed by atoms with van der Waals surface area (Å²) in [5.41, 5.74) is 10.3. The van der Waals surface area contributed by atoms with Crippen molar-refractivity contribution in [1.29, 1.82) is 0 Å². The molecule has 4 aliphatic heterocycles. The summed E-state index contributed by atoms with van der Waals surface area (Å²) in [5, 5.41) is 35.6. The maximum atomic E-state index is 11.3. The number of fused-ring (bicyclic) bond motifs is 2. The smallest absolute Gasteiger partial charge is 0.273 e. The van der Waals surface area contributed by atoms with E-state index in [4.69, 9.17) is 50.7 Å². The number of aromatic nitrogens is 8. The first-order chi connectivity index (χ1) is 40.3. The Morgan fingerprint density at radius 1 is 0.614 bits per heavy atom. The molecule has 2 atom stereocenters. The summed E-state index contributed by atoms with van der Waals surface area (Å²) in [6.45, 7) is 9.53. The highest BCUT2D eigenvalue weighted by molar-refractivity contribution is 6.28. The third-order valence-electron chi connectivity index (χ3n) is 14.5. The molecule has 0 spiro atoms. The molecule has 0 saturated carbocycles. The second-order valence-corrected chi connectivity index (χ2v) is 20.5. The number of benzene rings is 4. The maximum absolute atomic E-state index is 11.3. The minimum absolute atomic E-state index is 0.00418. The number of methoxy groups -OCH3 is 2. The summed E-state index contributed by atoms with van der Waals surface area (Å²) in [6, 6.07) is 23.8. The predicted octanol–water partition coefficient (Wildman–Crippen LogP) is 9.64. The van der Waals surface area contributed by atoms with Gasteiger partial charge in [0, 0.05) is 101 Å². The SMILES string of the molecule is COc1cc(N2CCN(C)CC2)ccc1N.COc1cc(N2CCN(C)CC2)ccc1Nc1nc(Oc2cccc([N+](=O)[O-])c2)c2cnn(C3CCCCO3)c2n1.O=[N+]([O-])c1cccc(Oc2nc(Cl)nc3c2cnn3C2CCCCO2)c1. The number of halogens is 1. The van der Waals surface area contributed by atoms with Crippen LogP contribution in [0.15, 0.2) is 97.3 Å². The fourth-order valence-electron chi connectivity index (χ4n) is 9.91. The molecule has 4 aliphatic rings. The highest BCUT2D eigenvalue weighted by Crippen LogP contribution is 2.38. The van der Waals surface area contributed by atoms with Gasteiger partial charge in [-0.1, -0.05) is 12.1 Å². The second-order valence-electron chi connectivity index (χ2n) is 20.2. The van der Waals surface area contributed by atoms with Crippen LogP contribution in [0.1, 0.15) is 51.0 Å². The van der Waals surface area contributed by atoms with E-state index in [1.54, 1.807) is 54.2 Å². The molecule has 0 aliphatic carbocycles. The van der Waals surface area contributed by atoms with Crippen LogP contribution >= 0.6 is 11.6 Å². The molecule has 4 aromatic carbocycles. The fourth-order valence-corrected chi connectivity index (χ4v) is 10.1. The third kappa shape index (κ3) is 14.0. The standard InChI is InChI=1S/C28H32N8O5.C16H14ClN5O4.C12H19N3O/c1-33-11-13-34(14-12-33)19-9-10-23(24(17-19)39-2)30-28-31-26-22(18-29-35(26)25-8-3-4-15-40-25)27(32-28)41-21-7-5-6-20(16-21)36(37)38;17-16-19-14-12(9-18-21(14)13-6-1-2-7-25-13)15(20-16)26-11-5-3-4-10(8-11)22(23)24;1-14-5-7-15(8-6-14)10-3-4-11(13)12(9-10)16-2/h5-7,9-10,16-18,25H,3-4,8,11-15H2,1-2H3,(H,30,31,32);3-5,8-9,13H,1-2,6-7H2;3-4,9H,5-8,13H2,1-2H3. The van der Waals surface area contributed by atoms with Crippen molar-refractivity contribution < 1.29 is 38.3 Å². The third-order valence-corrected chi connectivity index (χ3v) is 14.7. The average molecular weight is 1160 g/mol. The van der Waals surface area contributed by atoms with Gasteiger partial charge in [-0.05, 0) is 101 Å². The molecule has 12 rings (SSSR count). The number of nitrogens with one attached hydrogen (secondary N) is 1. The summed E-state index contributed by atoms with van der Waals surface area (Å²) in [5.74, 6) is 2.63. The van der Waals surface area contributed by atoms with Gasteiger partial charge in [0.1, 0.15) is 33.8 Å². The Morgan fingerprint density at radius 3 is 1.60 bits per heavy atom. The minimum atomic E-state index is -0.492. The van der Waals surface area contributed by atoms with Crippen molar-refractivity contribution in [3.05, 3.63) is 123 Å². The van der Waals surface area contributed by atoms with Crippen molar-refractivity contribution in [2.75, 3.05) is 115 Å². The lowest BCUT2D eigenvalue weighted by atomic mass is 10.2. The minimum Gasteiger partial charge on any atom is -0.495 e. The number of hydrogen-bond acceptors (Lipinski definition) is 22. The van der Waals surface area contributed by atoms with Gasteiger partial charge in [-0.25, -0.2) is 9.36 Å². The van der Waals surface area contributed by atoms with Crippen LogP contribution in [0.25, 0.3) is 22.1 Å². The molecule has 3 N–H and O–H groups in total. The first-order valence-electron chi connectivity index (χ1n) is 27.3. The number of nitro benzene ring substituents is 2. The van der Waals surface area contributed by atoms with Crippen molar-refractivity contribution in [2.45, 2.75) is 51.0 Å². The van der Waals surface area contributed by atoms with Crippen LogP contribution in [0.3, 0.4) is 0 Å². The molecule has 0 amide bonds. The van der Waals surface area contributed by atoms with Crippen molar-refractivity contribution >= 4 is 73.7 Å². The van der Waals surface area contributed by atoms with E-state index in [1.165, 1.54) is 36.0 Å². The molecule has 83 heavy (non-hydrogen) atoms. The van der Waals surface area contributed by atoms with Crippen LogP contribution in [-0.2, 0) is 9.47 Å². The van der Waals surface area contributed by atoms with Crippen molar-refractivity contribution in [3.63, 3.8) is 0 Å². The molecule has 0 radical (unpaired) electrons. The van der Waals surface area contributed by atoms with Gasteiger partial charge in [0.2, 0.25) is 23.0 Å². The predicted molar refractivity (Wildman–Crippen MR) is 313 cm³/mol. The molecule has 4 fully saturated rings. The van der Waals surface area contributed by atoms with Gasteiger partial charge in [0.25, 0.3) is 11.4 Å². The van der Waals surface area contributed by atoms with E-state index in [1.807, 2.05) is 24.3 Å². The van der Waals surface area contributed by atoms with E-state index in [0.29, 0.717) is 52.4 Å². The van der Waals surface area contributed by atoms with Gasteiger partial charge in [0.15, 0.2) is 23.8 Å². The number of hydrogen-bond donors (Lipinski definition) is 2. The number of nitro groups is 2. The van der Waals surface area contributed by atoms with E-state index in [9.17, 15) is 20.2 Å². The van der Waals surface area contributed by atoms with Gasteiger partial charge in [-0.3, -0.25) is 20.2 Å². The lowest BCUT2D eigenvalue weighted by molar-refractivity contribution is -0.385. The number of piperazine rings is 2. The fraction of sp³-hybridized carbons (Fsp3) is 0.393. The number of nitrogens with two attached hydrogens (primary N) is 1. The number of nitrogens with zero attached hydrogens (tertiary/aromatic N) is 14. The number of rotatable bonds is 14. The van der Waals surface area contributed by atoms with Gasteiger partial charge in [-0.15, -0.1) is 0 Å². The Bertz CT molecular complexity index is 3540. The molecule has 27 heteroatoms. The lowest BCUT2D eigenvalue weighted by Gasteiger charge is -2.34. The van der Waals surface area contributed by atoms with E-state index in [-0.39, 0.29) is 58.3 Å². The molecule has 436 valence electrons. The number of likely N-dealkylation sites (N-methyl/N-ethyl adjacent to an activating group) is 2. The van der Waals surface area contributed by atoms with E-state index >= 15 is 0 Å². The molecule has 8 heterocycles. The van der Waals surface area contributed by atoms with Crippen LogP contribution in [-0.4, -0.2) is 153 Å². The molecule has 4 aromatic heterocycles. The Morgan fingerprint density at radius 2 is 1.11 bits per heavy atom. The molecule has 26 nitrogen and oxygen atoms in total. The average Bonchev–Trinajstić information content (AvgIpc) is 4.27. The van der Waals surface area contributed by atoms with Crippen molar-refractivity contribution in [2.24, 2.45) is 0 Å². The normalized spacial score (nSPS) is 17.7. The zero-order chi connectivity index (χ0) is 58.0. The lowest BCUT2D eigenvalue weighted by Crippen LogP contribution is -2.44. The Hall–Kier alpha value is -8.69. The number of nitrogen functional groups attached to an aromatic ring is 1. The van der Waals surface area contributed by atoms with E-state index in [0.717, 1.165) is 102 Å². The molecule has 4 saturated heterocycles. The topological polar surface area (TPSA) is 280 Å². The Kier molecular flexibility index (Phi) is 18.4. The van der Waals surface area contributed by atoms with Gasteiger partial charge in [0.05, 0.1) is 60.0 Å². The van der Waals surface area contributed by atoms with Gasteiger partial charge in [-0.2, -0.15) is 30.1 Å². The monoisotopic (exact) mass is 1160 g/mol. The number of ether oxygens (including phenoxy) is 6. The van der Waals surface area contributed by atoms with Gasteiger partial charge >= 0.3 is 0 Å². The van der Waals surface area contributed by atoms with E-state index < -0.39 is 9.85 Å². The van der Waals surface area contributed by atoms with Gasteiger partial charge < -0.3 is 59.1 Å². The van der Waals surface area contributed by atoms with Crippen molar-refractivity contribution in [3.8, 4) is 34.8 Å². The van der Waals surface area contributed by atoms with Crippen LogP contribution in [0.4, 0.5) is 40.1 Å². The summed E-state index contributed by atoms with van der Waals surface area (Å²) in [4.78, 5) is 48.4. The zero-order valence-electron chi connectivity index (χ0n) is 46.5. The maximum Gasteiger partial charge on any atom is 0.273 e. The molecular formula is C56H65ClN16O10. The van der Waals surface area contributed by atoms with Crippen LogP contribution in [0.2, 0.25) is 5.28 Å². The Balaban J connectivity index is 0.000000155. The molecule has 0 bridgehead atoms. The highest BCUT2D eigenvalue weighted by atomic mass is 35.5. The largest absolute Gasteiger partial charge is 0.495 e. The number of non-ortho nitro benzene ring substituents is 2. The quantitative estimate of drug-likeness (QED) is 0.0443. The summed E-state index contributed by atoms with van der Waals surface area (Å²) >= 11 is 6.05. The first kappa shape index (κ1) is 57.5. The van der Waals surface area contributed by atoms with Crippen LogP contribution in [0.5, 0.6) is 34.8 Å². The highest BCUT2D eigenvalue weighted by Gasteiger charge is 2.26. The van der Waals surface area contributed by atoms with Crippen LogP contribution in [0, 0.1) is 20.2 Å². The number of anilines is 5. The van der Waals surface area contributed by atoms with Crippen molar-refractivity contribution in [1.82, 2.24) is 49.3 Å².